The third-order valence-electron chi connectivity index (χ3n) is 3.25. The van der Waals surface area contributed by atoms with E-state index in [1.807, 2.05) is 0 Å². The number of para-hydroxylation sites is 1. The molecule has 3 nitrogen and oxygen atoms in total. The molecule has 1 aromatic carbocycles. The Morgan fingerprint density at radius 3 is 2.61 bits per heavy atom. The highest BCUT2D eigenvalue weighted by atomic mass is 35.5. The first-order valence-electron chi connectivity index (χ1n) is 5.60. The van der Waals surface area contributed by atoms with E-state index in [0.29, 0.717) is 12.4 Å². The van der Waals surface area contributed by atoms with E-state index in [1.54, 1.807) is 12.1 Å². The van der Waals surface area contributed by atoms with Crippen molar-refractivity contribution < 1.29 is 13.9 Å². The van der Waals surface area contributed by atoms with Crippen LogP contribution in [0.15, 0.2) is 18.2 Å². The molecule has 102 valence electrons. The summed E-state index contributed by atoms with van der Waals surface area (Å²) < 4.78 is 25.0. The van der Waals surface area contributed by atoms with Crippen molar-refractivity contribution in [3.05, 3.63) is 24.0 Å². The molecule has 1 aromatic rings. The van der Waals surface area contributed by atoms with E-state index >= 15 is 0 Å². The predicted octanol–water partition coefficient (Wildman–Crippen LogP) is 2.56. The van der Waals surface area contributed by atoms with Gasteiger partial charge in [0.05, 0.1) is 0 Å². The van der Waals surface area contributed by atoms with Gasteiger partial charge in [-0.25, -0.2) is 4.39 Å². The van der Waals surface area contributed by atoms with Crippen LogP contribution >= 0.6 is 24.8 Å². The van der Waals surface area contributed by atoms with Crippen LogP contribution in [-0.2, 0) is 0 Å². The Bertz CT molecular complexity index is 411. The lowest BCUT2D eigenvalue weighted by atomic mass is 9.92. The van der Waals surface area contributed by atoms with Gasteiger partial charge in [-0.3, -0.25) is 0 Å². The van der Waals surface area contributed by atoms with Crippen LogP contribution in [-0.4, -0.2) is 25.3 Å². The summed E-state index contributed by atoms with van der Waals surface area (Å²) in [6.07, 6.45) is 1.72. The van der Waals surface area contributed by atoms with Crippen LogP contribution in [0.5, 0.6) is 11.5 Å². The molecule has 0 aliphatic carbocycles. The summed E-state index contributed by atoms with van der Waals surface area (Å²) in [5.74, 6) is 0.454. The normalized spacial score (nSPS) is 19.6. The lowest BCUT2D eigenvalue weighted by molar-refractivity contribution is -0.0334. The largest absolute Gasteiger partial charge is 0.485 e. The average Bonchev–Trinajstić information content (AvgIpc) is 2.32. The van der Waals surface area contributed by atoms with Crippen LogP contribution in [0.3, 0.4) is 0 Å². The Labute approximate surface area is 118 Å². The highest BCUT2D eigenvalue weighted by Gasteiger charge is 2.39. The minimum atomic E-state index is -0.338. The molecule has 6 heteroatoms. The van der Waals surface area contributed by atoms with Gasteiger partial charge in [-0.1, -0.05) is 6.07 Å². The van der Waals surface area contributed by atoms with Crippen LogP contribution in [0.25, 0.3) is 0 Å². The summed E-state index contributed by atoms with van der Waals surface area (Å²) in [5.41, 5.74) is -0.333. The van der Waals surface area contributed by atoms with E-state index in [0.717, 1.165) is 25.9 Å². The average molecular weight is 296 g/mol. The molecule has 2 aliphatic rings. The lowest BCUT2D eigenvalue weighted by Crippen LogP contribution is -2.52. The number of halogens is 3. The van der Waals surface area contributed by atoms with Crippen molar-refractivity contribution in [3.63, 3.8) is 0 Å². The number of rotatable bonds is 0. The zero-order valence-electron chi connectivity index (χ0n) is 9.78. The van der Waals surface area contributed by atoms with Gasteiger partial charge in [-0.2, -0.15) is 0 Å². The maximum absolute atomic E-state index is 13.6. The first kappa shape index (κ1) is 15.3. The molecule has 0 unspecified atom stereocenters. The van der Waals surface area contributed by atoms with Gasteiger partial charge >= 0.3 is 0 Å². The molecule has 1 fully saturated rings. The van der Waals surface area contributed by atoms with Crippen LogP contribution < -0.4 is 14.8 Å². The van der Waals surface area contributed by atoms with Crippen LogP contribution in [0.2, 0.25) is 0 Å². The van der Waals surface area contributed by atoms with Gasteiger partial charge in [0.25, 0.3) is 0 Å². The second-order valence-electron chi connectivity index (χ2n) is 4.39. The van der Waals surface area contributed by atoms with Gasteiger partial charge in [-0.15, -0.1) is 24.8 Å². The Balaban J connectivity index is 0.000000810. The third-order valence-corrected chi connectivity index (χ3v) is 3.25. The Morgan fingerprint density at radius 2 is 1.89 bits per heavy atom. The van der Waals surface area contributed by atoms with Crippen molar-refractivity contribution in [1.82, 2.24) is 5.32 Å². The van der Waals surface area contributed by atoms with Crippen molar-refractivity contribution in [2.45, 2.75) is 18.4 Å². The molecule has 0 saturated carbocycles. The number of nitrogens with one attached hydrogen (secondary N) is 1. The van der Waals surface area contributed by atoms with E-state index in [4.69, 9.17) is 9.47 Å². The molecule has 2 heterocycles. The van der Waals surface area contributed by atoms with Crippen molar-refractivity contribution in [2.75, 3.05) is 19.7 Å². The maximum Gasteiger partial charge on any atom is 0.197 e. The SMILES string of the molecule is Cl.Cl.Fc1cccc2c1OC1(CCNCC1)CO2. The second-order valence-corrected chi connectivity index (χ2v) is 4.39. The van der Waals surface area contributed by atoms with Crippen molar-refractivity contribution in [1.29, 1.82) is 0 Å². The van der Waals surface area contributed by atoms with Crippen molar-refractivity contribution >= 4 is 24.8 Å². The fourth-order valence-corrected chi connectivity index (χ4v) is 2.29. The molecule has 18 heavy (non-hydrogen) atoms. The summed E-state index contributed by atoms with van der Waals surface area (Å²) >= 11 is 0. The molecule has 2 aliphatic heterocycles. The molecule has 0 aromatic heterocycles. The summed E-state index contributed by atoms with van der Waals surface area (Å²) in [6, 6.07) is 4.78. The molecular formula is C12H16Cl2FNO2. The maximum atomic E-state index is 13.6. The summed E-state index contributed by atoms with van der Waals surface area (Å²) in [4.78, 5) is 0. The molecule has 1 saturated heterocycles. The van der Waals surface area contributed by atoms with Gasteiger partial charge in [0.15, 0.2) is 17.3 Å². The fourth-order valence-electron chi connectivity index (χ4n) is 2.29. The third kappa shape index (κ3) is 2.66. The smallest absolute Gasteiger partial charge is 0.197 e. The monoisotopic (exact) mass is 295 g/mol. The Hall–Kier alpha value is -0.710. The summed E-state index contributed by atoms with van der Waals surface area (Å²) in [6.45, 7) is 2.31. The van der Waals surface area contributed by atoms with E-state index < -0.39 is 0 Å². The molecule has 0 radical (unpaired) electrons. The topological polar surface area (TPSA) is 30.5 Å². The number of ether oxygens (including phenoxy) is 2. The first-order valence-corrected chi connectivity index (χ1v) is 5.60. The summed E-state index contributed by atoms with van der Waals surface area (Å²) in [7, 11) is 0. The predicted molar refractivity (Wildman–Crippen MR) is 71.9 cm³/mol. The molecule has 3 rings (SSSR count). The lowest BCUT2D eigenvalue weighted by Gasteiger charge is -2.41. The van der Waals surface area contributed by atoms with Crippen LogP contribution in [0.4, 0.5) is 4.39 Å². The van der Waals surface area contributed by atoms with Crippen LogP contribution in [0, 0.1) is 5.82 Å². The van der Waals surface area contributed by atoms with Gasteiger partial charge in [0.2, 0.25) is 0 Å². The Kier molecular flexibility index (Phi) is 5.08. The first-order chi connectivity index (χ1) is 7.79. The van der Waals surface area contributed by atoms with E-state index in [9.17, 15) is 4.39 Å². The van der Waals surface area contributed by atoms with E-state index in [2.05, 4.69) is 5.32 Å². The number of benzene rings is 1. The van der Waals surface area contributed by atoms with Crippen LogP contribution in [0.1, 0.15) is 12.8 Å². The molecule has 1 spiro atoms. The summed E-state index contributed by atoms with van der Waals surface area (Å²) in [5, 5.41) is 3.27. The standard InChI is InChI=1S/C12H14FNO2.2ClH/c13-9-2-1-3-10-11(9)16-12(8-15-10)4-6-14-7-5-12;;/h1-3,14H,4-8H2;2*1H. The minimum Gasteiger partial charge on any atom is -0.485 e. The zero-order valence-corrected chi connectivity index (χ0v) is 11.4. The molecule has 0 bridgehead atoms. The highest BCUT2D eigenvalue weighted by molar-refractivity contribution is 5.85. The van der Waals surface area contributed by atoms with Crippen molar-refractivity contribution in [2.24, 2.45) is 0 Å². The minimum absolute atomic E-state index is 0. The Morgan fingerprint density at radius 1 is 1.17 bits per heavy atom. The highest BCUT2D eigenvalue weighted by Crippen LogP contribution is 2.40. The van der Waals surface area contributed by atoms with Gasteiger partial charge in [0, 0.05) is 12.8 Å². The zero-order chi connectivity index (χ0) is 11.0. The van der Waals surface area contributed by atoms with Gasteiger partial charge in [0.1, 0.15) is 12.2 Å². The quantitative estimate of drug-likeness (QED) is 0.798. The fraction of sp³-hybridized carbons (Fsp3) is 0.500. The van der Waals surface area contributed by atoms with Crippen molar-refractivity contribution in [3.8, 4) is 11.5 Å². The molecule has 0 atom stereocenters. The molecule has 1 N–H and O–H groups in total. The van der Waals surface area contributed by atoms with E-state index in [1.165, 1.54) is 6.07 Å². The number of hydrogen-bond acceptors (Lipinski definition) is 3. The number of hydrogen-bond donors (Lipinski definition) is 1. The van der Waals surface area contributed by atoms with Gasteiger partial charge < -0.3 is 14.8 Å². The molecular weight excluding hydrogens is 280 g/mol. The van der Waals surface area contributed by atoms with E-state index in [-0.39, 0.29) is 42.0 Å². The number of piperidine rings is 1. The van der Waals surface area contributed by atoms with Gasteiger partial charge in [-0.05, 0) is 25.2 Å². The molecule has 0 amide bonds. The number of fused-ring (bicyclic) bond motifs is 1. The second kappa shape index (κ2) is 5.95.